The fraction of sp³-hybridized carbons (Fsp3) is 0.538. The van der Waals surface area contributed by atoms with Crippen LogP contribution in [0.1, 0.15) is 19.4 Å². The largest absolute Gasteiger partial charge is 0.493 e. The van der Waals surface area contributed by atoms with Gasteiger partial charge in [-0.25, -0.2) is 4.39 Å². The van der Waals surface area contributed by atoms with Crippen molar-refractivity contribution in [3.8, 4) is 11.5 Å². The Labute approximate surface area is 112 Å². The van der Waals surface area contributed by atoms with Crippen LogP contribution in [0.5, 0.6) is 11.5 Å². The Morgan fingerprint density at radius 1 is 1.28 bits per heavy atom. The summed E-state index contributed by atoms with van der Waals surface area (Å²) in [7, 11) is 3.06. The van der Waals surface area contributed by atoms with Crippen molar-refractivity contribution in [3.63, 3.8) is 0 Å². The molecule has 1 aromatic carbocycles. The standard InChI is InChI=1S/C13H20FNO2S/c1-13(2,15)7-8-6-9(14)12(18-5)11(17-4)10(8)16-3/h6H,7,15H2,1-5H3. The van der Waals surface area contributed by atoms with E-state index in [0.29, 0.717) is 22.8 Å². The Bertz CT molecular complexity index is 430. The van der Waals surface area contributed by atoms with Crippen LogP contribution in [0.2, 0.25) is 0 Å². The van der Waals surface area contributed by atoms with Crippen molar-refractivity contribution in [1.82, 2.24) is 0 Å². The molecule has 0 atom stereocenters. The van der Waals surface area contributed by atoms with Gasteiger partial charge in [0.2, 0.25) is 0 Å². The lowest BCUT2D eigenvalue weighted by Crippen LogP contribution is -2.34. The number of thioether (sulfide) groups is 1. The van der Waals surface area contributed by atoms with Crippen LogP contribution in [-0.4, -0.2) is 26.0 Å². The van der Waals surface area contributed by atoms with Crippen molar-refractivity contribution in [2.45, 2.75) is 30.7 Å². The zero-order valence-electron chi connectivity index (χ0n) is 11.5. The smallest absolute Gasteiger partial charge is 0.177 e. The highest BCUT2D eigenvalue weighted by Crippen LogP contribution is 2.42. The van der Waals surface area contributed by atoms with Gasteiger partial charge in [0, 0.05) is 11.1 Å². The number of halogens is 1. The Balaban J connectivity index is 3.39. The summed E-state index contributed by atoms with van der Waals surface area (Å²) in [5.74, 6) is 0.686. The Morgan fingerprint density at radius 2 is 1.83 bits per heavy atom. The van der Waals surface area contributed by atoms with Gasteiger partial charge in [-0.3, -0.25) is 0 Å². The Kier molecular flexibility index (Phi) is 4.87. The maximum Gasteiger partial charge on any atom is 0.177 e. The molecule has 1 rings (SSSR count). The zero-order chi connectivity index (χ0) is 13.9. The molecule has 0 saturated heterocycles. The Morgan fingerprint density at radius 3 is 2.22 bits per heavy atom. The number of ether oxygens (including phenoxy) is 2. The average Bonchev–Trinajstić information content (AvgIpc) is 2.25. The third-order valence-electron chi connectivity index (χ3n) is 2.48. The quantitative estimate of drug-likeness (QED) is 0.838. The number of benzene rings is 1. The number of hydrogen-bond donors (Lipinski definition) is 1. The van der Waals surface area contributed by atoms with Crippen molar-refractivity contribution in [1.29, 1.82) is 0 Å². The first-order valence-corrected chi connectivity index (χ1v) is 6.82. The van der Waals surface area contributed by atoms with Crippen LogP contribution in [-0.2, 0) is 6.42 Å². The van der Waals surface area contributed by atoms with Crippen LogP contribution < -0.4 is 15.2 Å². The highest BCUT2D eigenvalue weighted by Gasteiger charge is 2.23. The van der Waals surface area contributed by atoms with Crippen LogP contribution >= 0.6 is 11.8 Å². The van der Waals surface area contributed by atoms with Crippen LogP contribution in [0.3, 0.4) is 0 Å². The van der Waals surface area contributed by atoms with Crippen molar-refractivity contribution >= 4 is 11.8 Å². The Hall–Kier alpha value is -0.940. The monoisotopic (exact) mass is 273 g/mol. The predicted octanol–water partition coefficient (Wildman–Crippen LogP) is 2.84. The van der Waals surface area contributed by atoms with Gasteiger partial charge in [-0.1, -0.05) is 0 Å². The summed E-state index contributed by atoms with van der Waals surface area (Å²) < 4.78 is 24.6. The highest BCUT2D eigenvalue weighted by molar-refractivity contribution is 7.98. The zero-order valence-corrected chi connectivity index (χ0v) is 12.3. The molecule has 18 heavy (non-hydrogen) atoms. The summed E-state index contributed by atoms with van der Waals surface area (Å²) >= 11 is 1.29. The van der Waals surface area contributed by atoms with Crippen molar-refractivity contribution < 1.29 is 13.9 Å². The van der Waals surface area contributed by atoms with E-state index < -0.39 is 5.54 Å². The number of rotatable bonds is 5. The lowest BCUT2D eigenvalue weighted by molar-refractivity contribution is 0.337. The van der Waals surface area contributed by atoms with Gasteiger partial charge < -0.3 is 15.2 Å². The molecule has 0 aromatic heterocycles. The first-order chi connectivity index (χ1) is 8.34. The van der Waals surface area contributed by atoms with Crippen LogP contribution in [0, 0.1) is 5.82 Å². The van der Waals surface area contributed by atoms with Gasteiger partial charge in [0.25, 0.3) is 0 Å². The first kappa shape index (κ1) is 15.1. The van der Waals surface area contributed by atoms with E-state index in [1.165, 1.54) is 24.9 Å². The van der Waals surface area contributed by atoms with E-state index in [1.807, 2.05) is 13.8 Å². The van der Waals surface area contributed by atoms with Crippen molar-refractivity contribution in [3.05, 3.63) is 17.4 Å². The van der Waals surface area contributed by atoms with Crippen LogP contribution in [0.4, 0.5) is 4.39 Å². The van der Waals surface area contributed by atoms with Crippen LogP contribution in [0.25, 0.3) is 0 Å². The van der Waals surface area contributed by atoms with Gasteiger partial charge in [0.15, 0.2) is 11.5 Å². The van der Waals surface area contributed by atoms with Gasteiger partial charge in [-0.2, -0.15) is 0 Å². The second-order valence-corrected chi connectivity index (χ2v) is 5.60. The van der Waals surface area contributed by atoms with Gasteiger partial charge in [0.1, 0.15) is 5.82 Å². The summed E-state index contributed by atoms with van der Waals surface area (Å²) in [6.07, 6.45) is 2.31. The first-order valence-electron chi connectivity index (χ1n) is 5.60. The molecule has 1 aromatic rings. The minimum atomic E-state index is -0.439. The summed E-state index contributed by atoms with van der Waals surface area (Å²) in [6, 6.07) is 1.47. The van der Waals surface area contributed by atoms with Crippen molar-refractivity contribution in [2.24, 2.45) is 5.73 Å². The molecule has 0 aliphatic rings. The average molecular weight is 273 g/mol. The van der Waals surface area contributed by atoms with E-state index in [4.69, 9.17) is 15.2 Å². The molecule has 0 unspecified atom stereocenters. The fourth-order valence-electron chi connectivity index (χ4n) is 1.86. The summed E-state index contributed by atoms with van der Waals surface area (Å²) in [4.78, 5) is 0.452. The van der Waals surface area contributed by atoms with E-state index in [2.05, 4.69) is 0 Å². The lowest BCUT2D eigenvalue weighted by Gasteiger charge is -2.22. The van der Waals surface area contributed by atoms with E-state index in [9.17, 15) is 4.39 Å². The second-order valence-electron chi connectivity index (χ2n) is 4.78. The number of methoxy groups -OCH3 is 2. The van der Waals surface area contributed by atoms with E-state index in [0.717, 1.165) is 5.56 Å². The lowest BCUT2D eigenvalue weighted by atomic mass is 9.95. The molecular weight excluding hydrogens is 253 g/mol. The van der Waals surface area contributed by atoms with Gasteiger partial charge >= 0.3 is 0 Å². The second kappa shape index (κ2) is 5.80. The molecule has 0 fully saturated rings. The van der Waals surface area contributed by atoms with E-state index in [1.54, 1.807) is 13.4 Å². The highest BCUT2D eigenvalue weighted by atomic mass is 32.2. The molecular formula is C13H20FNO2S. The van der Waals surface area contributed by atoms with Crippen molar-refractivity contribution in [2.75, 3.05) is 20.5 Å². The predicted molar refractivity (Wildman–Crippen MR) is 73.3 cm³/mol. The number of nitrogens with two attached hydrogens (primary N) is 1. The third-order valence-corrected chi connectivity index (χ3v) is 3.27. The molecule has 0 spiro atoms. The normalized spacial score (nSPS) is 11.5. The van der Waals surface area contributed by atoms with E-state index in [-0.39, 0.29) is 5.82 Å². The summed E-state index contributed by atoms with van der Waals surface area (Å²) in [5.41, 5.74) is 6.26. The minimum absolute atomic E-state index is 0.306. The molecule has 0 heterocycles. The molecule has 102 valence electrons. The topological polar surface area (TPSA) is 44.5 Å². The summed E-state index contributed by atoms with van der Waals surface area (Å²) in [5, 5.41) is 0. The molecule has 0 aliphatic carbocycles. The molecule has 0 aliphatic heterocycles. The third kappa shape index (κ3) is 3.29. The fourth-order valence-corrected chi connectivity index (χ4v) is 2.48. The molecule has 0 amide bonds. The SMILES string of the molecule is COc1c(CC(C)(C)N)cc(F)c(SC)c1OC. The van der Waals surface area contributed by atoms with Gasteiger partial charge in [0.05, 0.1) is 19.1 Å². The summed E-state index contributed by atoms with van der Waals surface area (Å²) in [6.45, 7) is 3.78. The molecule has 0 radical (unpaired) electrons. The molecule has 3 nitrogen and oxygen atoms in total. The minimum Gasteiger partial charge on any atom is -0.493 e. The van der Waals surface area contributed by atoms with Gasteiger partial charge in [-0.15, -0.1) is 11.8 Å². The molecule has 0 saturated carbocycles. The maximum atomic E-state index is 14.0. The molecule has 0 bridgehead atoms. The number of hydrogen-bond acceptors (Lipinski definition) is 4. The van der Waals surface area contributed by atoms with Crippen LogP contribution in [0.15, 0.2) is 11.0 Å². The van der Waals surface area contributed by atoms with E-state index >= 15 is 0 Å². The maximum absolute atomic E-state index is 14.0. The molecule has 5 heteroatoms. The molecule has 2 N–H and O–H groups in total. The van der Waals surface area contributed by atoms with Gasteiger partial charge in [-0.05, 0) is 32.6 Å².